The summed E-state index contributed by atoms with van der Waals surface area (Å²) in [7, 11) is 0. The Bertz CT molecular complexity index is 1200. The molecule has 0 amide bonds. The first-order valence-electron chi connectivity index (χ1n) is 11.9. The number of H-pyrrole nitrogens is 1. The highest BCUT2D eigenvalue weighted by Gasteiger charge is 2.38. The number of carbonyl (C=O) groups is 3. The topological polar surface area (TPSA) is 224 Å². The van der Waals surface area contributed by atoms with E-state index in [-0.39, 0.29) is 42.3 Å². The molecule has 1 saturated heterocycles. The molecule has 38 heavy (non-hydrogen) atoms. The number of aliphatic hydroxyl groups is 1. The first-order valence-corrected chi connectivity index (χ1v) is 11.9. The number of hydrogen-bond donors (Lipinski definition) is 4. The summed E-state index contributed by atoms with van der Waals surface area (Å²) in [5.41, 5.74) is 10.8. The lowest BCUT2D eigenvalue weighted by molar-refractivity contribution is -0.164. The Morgan fingerprint density at radius 1 is 1.29 bits per heavy atom. The largest absolute Gasteiger partial charge is 0.463 e. The minimum absolute atomic E-state index is 0.0145. The molecule has 3 heterocycles. The number of ether oxygens (including phenoxy) is 4. The molecular formula is C22H31FN6O9. The number of esters is 3. The second kappa shape index (κ2) is 12.7. The first kappa shape index (κ1) is 28.9. The molecule has 1 fully saturated rings. The number of aliphatic hydroxyl groups excluding tert-OH is 1. The van der Waals surface area contributed by atoms with Crippen LogP contribution in [0.4, 0.5) is 10.3 Å². The Hall–Kier alpha value is -3.63. The van der Waals surface area contributed by atoms with Crippen LogP contribution in [-0.2, 0) is 33.3 Å². The van der Waals surface area contributed by atoms with Crippen LogP contribution in [0.5, 0.6) is 0 Å². The fourth-order valence-corrected chi connectivity index (χ4v) is 3.53. The number of nitrogens with zero attached hydrogens (tertiary/aromatic N) is 3. The van der Waals surface area contributed by atoms with Gasteiger partial charge in [0.25, 0.3) is 5.56 Å². The summed E-state index contributed by atoms with van der Waals surface area (Å²) in [5, 5.41) is 9.35. The maximum atomic E-state index is 14.6. The van der Waals surface area contributed by atoms with Crippen LogP contribution in [0.2, 0.25) is 0 Å². The number of nitrogens with one attached hydrogen (secondary N) is 1. The molecule has 0 spiro atoms. The molecule has 1 aliphatic heterocycles. The molecule has 0 saturated carbocycles. The zero-order chi connectivity index (χ0) is 28.0. The molecule has 15 nitrogen and oxygen atoms in total. The van der Waals surface area contributed by atoms with Gasteiger partial charge in [0.05, 0.1) is 25.8 Å². The van der Waals surface area contributed by atoms with Crippen molar-refractivity contribution in [2.24, 2.45) is 11.7 Å². The molecule has 210 valence electrons. The quantitative estimate of drug-likeness (QED) is 0.188. The summed E-state index contributed by atoms with van der Waals surface area (Å²) in [5.74, 6) is -2.63. The molecule has 0 bridgehead atoms. The number of alkyl halides is 1. The van der Waals surface area contributed by atoms with Gasteiger partial charge < -0.3 is 35.5 Å². The van der Waals surface area contributed by atoms with Gasteiger partial charge in [0, 0.05) is 6.42 Å². The molecule has 1 aliphatic rings. The summed E-state index contributed by atoms with van der Waals surface area (Å²) in [4.78, 5) is 58.1. The maximum absolute atomic E-state index is 14.6. The second-order valence-corrected chi connectivity index (χ2v) is 9.03. The van der Waals surface area contributed by atoms with Gasteiger partial charge >= 0.3 is 17.9 Å². The molecule has 0 radical (unpaired) electrons. The van der Waals surface area contributed by atoms with E-state index in [1.807, 2.05) is 0 Å². The molecule has 0 aliphatic carbocycles. The summed E-state index contributed by atoms with van der Waals surface area (Å²) in [6, 6.07) is -0.859. The lowest BCUT2D eigenvalue weighted by Crippen LogP contribution is -2.39. The van der Waals surface area contributed by atoms with Gasteiger partial charge in [-0.25, -0.2) is 9.37 Å². The van der Waals surface area contributed by atoms with Crippen molar-refractivity contribution in [3.8, 4) is 0 Å². The van der Waals surface area contributed by atoms with E-state index < -0.39 is 73.9 Å². The molecule has 2 aromatic rings. The van der Waals surface area contributed by atoms with Gasteiger partial charge in [0.2, 0.25) is 5.95 Å². The van der Waals surface area contributed by atoms with Crippen LogP contribution in [0, 0.1) is 5.92 Å². The number of fused-ring (bicyclic) bond motifs is 1. The number of rotatable bonds is 12. The van der Waals surface area contributed by atoms with E-state index in [1.54, 1.807) is 13.8 Å². The third-order valence-corrected chi connectivity index (χ3v) is 5.77. The summed E-state index contributed by atoms with van der Waals surface area (Å²) >= 11 is 0. The molecule has 0 aromatic carbocycles. The van der Waals surface area contributed by atoms with Crippen molar-refractivity contribution in [2.45, 2.75) is 63.8 Å². The van der Waals surface area contributed by atoms with Crippen molar-refractivity contribution < 1.29 is 42.8 Å². The lowest BCUT2D eigenvalue weighted by atomic mass is 10.1. The monoisotopic (exact) mass is 542 g/mol. The van der Waals surface area contributed by atoms with Crippen LogP contribution in [0.3, 0.4) is 0 Å². The smallest absolute Gasteiger partial charge is 0.323 e. The molecule has 1 unspecified atom stereocenters. The first-order chi connectivity index (χ1) is 18.0. The van der Waals surface area contributed by atoms with Crippen LogP contribution in [-0.4, -0.2) is 86.8 Å². The van der Waals surface area contributed by atoms with E-state index in [9.17, 15) is 28.7 Å². The number of aromatic nitrogens is 4. The van der Waals surface area contributed by atoms with Gasteiger partial charge in [-0.05, 0) is 5.92 Å². The van der Waals surface area contributed by atoms with Crippen molar-refractivity contribution in [2.75, 3.05) is 25.6 Å². The number of halogens is 1. The average Bonchev–Trinajstić information content (AvgIpc) is 3.46. The van der Waals surface area contributed by atoms with E-state index in [0.717, 1.165) is 0 Å². The second-order valence-electron chi connectivity index (χ2n) is 9.03. The highest BCUT2D eigenvalue weighted by molar-refractivity contribution is 5.78. The fraction of sp³-hybridized carbons (Fsp3) is 0.636. The normalized spacial score (nSPS) is 20.8. The van der Waals surface area contributed by atoms with Crippen LogP contribution in [0.1, 0.15) is 39.3 Å². The highest BCUT2D eigenvalue weighted by Crippen LogP contribution is 2.32. The molecule has 6 N–H and O–H groups in total. The van der Waals surface area contributed by atoms with Gasteiger partial charge in [0.1, 0.15) is 37.8 Å². The fourth-order valence-electron chi connectivity index (χ4n) is 3.53. The van der Waals surface area contributed by atoms with E-state index in [2.05, 4.69) is 15.0 Å². The van der Waals surface area contributed by atoms with Crippen molar-refractivity contribution in [1.29, 1.82) is 0 Å². The minimum atomic E-state index is -1.49. The summed E-state index contributed by atoms with van der Waals surface area (Å²) < 4.78 is 36.5. The Balaban J connectivity index is 1.42. The van der Waals surface area contributed by atoms with Gasteiger partial charge in [-0.3, -0.25) is 28.7 Å². The van der Waals surface area contributed by atoms with Crippen LogP contribution >= 0.6 is 0 Å². The SMILES string of the molecule is CC(C)[C@H](N)C(=O)OCC(CO)OC(=O)CCC(=O)OC[C@H]1O[C@@H](n2cnc3c(=O)[nH]c(N)nc32)C[C@@H]1F. The number of anilines is 1. The number of carbonyl (C=O) groups excluding carboxylic acids is 3. The number of nitrogen functional groups attached to an aromatic ring is 1. The summed E-state index contributed by atoms with van der Waals surface area (Å²) in [6.45, 7) is 2.05. The van der Waals surface area contributed by atoms with Crippen LogP contribution in [0.15, 0.2) is 11.1 Å². The Kier molecular flexibility index (Phi) is 9.71. The molecule has 2 aromatic heterocycles. The Morgan fingerprint density at radius 2 is 2.00 bits per heavy atom. The number of imidazole rings is 1. The minimum Gasteiger partial charge on any atom is -0.463 e. The standard InChI is InChI=1S/C22H31FN6O9/c1-10(2)17(24)21(34)36-7-11(6-30)37-16(32)4-3-15(31)35-8-13-12(23)5-14(38-13)29-9-26-18-19(29)27-22(25)28-20(18)33/h9-14,17,30H,3-8,24H2,1-2H3,(H3,25,27,28,33)/t11?,12-,13+,14+,17-/m0/s1. The maximum Gasteiger partial charge on any atom is 0.323 e. The predicted octanol–water partition coefficient (Wildman–Crippen LogP) is -0.919. The number of hydrogen-bond acceptors (Lipinski definition) is 13. The predicted molar refractivity (Wildman–Crippen MR) is 127 cm³/mol. The van der Waals surface area contributed by atoms with Crippen molar-refractivity contribution in [1.82, 2.24) is 19.5 Å². The lowest BCUT2D eigenvalue weighted by Gasteiger charge is -2.19. The van der Waals surface area contributed by atoms with E-state index in [0.29, 0.717) is 0 Å². The zero-order valence-electron chi connectivity index (χ0n) is 20.9. The van der Waals surface area contributed by atoms with Gasteiger partial charge in [-0.2, -0.15) is 4.98 Å². The van der Waals surface area contributed by atoms with Crippen molar-refractivity contribution in [3.05, 3.63) is 16.7 Å². The third kappa shape index (κ3) is 7.23. The number of nitrogens with two attached hydrogens (primary N) is 2. The average molecular weight is 543 g/mol. The molecule has 3 rings (SSSR count). The van der Waals surface area contributed by atoms with E-state index in [1.165, 1.54) is 10.9 Å². The third-order valence-electron chi connectivity index (χ3n) is 5.77. The Labute approximate surface area is 215 Å². The van der Waals surface area contributed by atoms with Gasteiger partial charge in [-0.15, -0.1) is 0 Å². The zero-order valence-corrected chi connectivity index (χ0v) is 20.9. The molecule has 5 atom stereocenters. The van der Waals surface area contributed by atoms with Crippen molar-refractivity contribution >= 4 is 35.0 Å². The van der Waals surface area contributed by atoms with E-state index >= 15 is 0 Å². The van der Waals surface area contributed by atoms with Crippen LogP contribution < -0.4 is 17.0 Å². The number of aromatic amines is 1. The Morgan fingerprint density at radius 3 is 2.68 bits per heavy atom. The highest BCUT2D eigenvalue weighted by atomic mass is 19.1. The van der Waals surface area contributed by atoms with Gasteiger partial charge in [0.15, 0.2) is 17.3 Å². The van der Waals surface area contributed by atoms with Crippen LogP contribution in [0.25, 0.3) is 11.2 Å². The molecule has 16 heteroatoms. The van der Waals surface area contributed by atoms with Crippen molar-refractivity contribution in [3.63, 3.8) is 0 Å². The molecular weight excluding hydrogens is 511 g/mol. The van der Waals surface area contributed by atoms with E-state index in [4.69, 9.17) is 30.4 Å². The summed E-state index contributed by atoms with van der Waals surface area (Å²) in [6.07, 6.45) is -4.17. The van der Waals surface area contributed by atoms with Gasteiger partial charge in [-0.1, -0.05) is 13.8 Å².